The average molecular weight is 400 g/mol. The molecule has 0 aliphatic carbocycles. The summed E-state index contributed by atoms with van der Waals surface area (Å²) in [6.07, 6.45) is 0. The molecule has 6 heteroatoms. The molecule has 0 aromatic heterocycles. The molecule has 0 aliphatic heterocycles. The van der Waals surface area contributed by atoms with Gasteiger partial charge in [0.2, 0.25) is 0 Å². The van der Waals surface area contributed by atoms with Gasteiger partial charge in [-0.2, -0.15) is 0 Å². The van der Waals surface area contributed by atoms with Crippen molar-refractivity contribution in [2.75, 3.05) is 5.32 Å². The Hall–Kier alpha value is -2.82. The molecule has 0 radical (unpaired) electrons. The van der Waals surface area contributed by atoms with E-state index in [2.05, 4.69) is 5.32 Å². The summed E-state index contributed by atoms with van der Waals surface area (Å²) in [5, 5.41) is 3.57. The molecule has 0 fully saturated rings. The third-order valence-electron chi connectivity index (χ3n) is 3.84. The van der Waals surface area contributed by atoms with E-state index in [0.29, 0.717) is 26.9 Å². The largest absolute Gasteiger partial charge is 0.457 e. The predicted octanol–water partition coefficient (Wildman–Crippen LogP) is 5.60. The molecule has 3 aromatic carbocycles. The van der Waals surface area contributed by atoms with Crippen LogP contribution in [0.25, 0.3) is 0 Å². The minimum absolute atomic E-state index is 0.0711. The smallest absolute Gasteiger partial charge is 0.340 e. The van der Waals surface area contributed by atoms with E-state index in [9.17, 15) is 9.59 Å². The molecular weight excluding hydrogens is 385 g/mol. The number of ether oxygens (including phenoxy) is 1. The Morgan fingerprint density at radius 3 is 2.15 bits per heavy atom. The summed E-state index contributed by atoms with van der Waals surface area (Å²) in [6.45, 7) is -0.0711. The average Bonchev–Trinajstić information content (AvgIpc) is 2.68. The number of para-hydroxylation sites is 1. The summed E-state index contributed by atoms with van der Waals surface area (Å²) in [6, 6.07) is 20.4. The summed E-state index contributed by atoms with van der Waals surface area (Å²) in [4.78, 5) is 24.9. The Kier molecular flexibility index (Phi) is 6.12. The van der Waals surface area contributed by atoms with E-state index in [-0.39, 0.29) is 18.1 Å². The third kappa shape index (κ3) is 4.67. The van der Waals surface area contributed by atoms with Crippen molar-refractivity contribution in [3.05, 3.63) is 99.5 Å². The third-order valence-corrected chi connectivity index (χ3v) is 4.55. The molecule has 0 saturated carbocycles. The molecule has 1 N–H and O–H groups in total. The van der Waals surface area contributed by atoms with Crippen LogP contribution in [0.3, 0.4) is 0 Å². The summed E-state index contributed by atoms with van der Waals surface area (Å²) in [7, 11) is 0. The summed E-state index contributed by atoms with van der Waals surface area (Å²) >= 11 is 12.2. The second-order valence-corrected chi connectivity index (χ2v) is 6.46. The van der Waals surface area contributed by atoms with Gasteiger partial charge in [0.25, 0.3) is 5.91 Å². The molecule has 0 aliphatic rings. The van der Waals surface area contributed by atoms with Gasteiger partial charge < -0.3 is 10.1 Å². The van der Waals surface area contributed by atoms with Crippen LogP contribution >= 0.6 is 23.2 Å². The van der Waals surface area contributed by atoms with Crippen LogP contribution in [0.15, 0.2) is 72.8 Å². The van der Waals surface area contributed by atoms with Crippen molar-refractivity contribution in [2.24, 2.45) is 0 Å². The van der Waals surface area contributed by atoms with Gasteiger partial charge in [-0.3, -0.25) is 4.79 Å². The lowest BCUT2D eigenvalue weighted by molar-refractivity contribution is 0.0474. The van der Waals surface area contributed by atoms with E-state index >= 15 is 0 Å². The number of benzene rings is 3. The fourth-order valence-corrected chi connectivity index (χ4v) is 2.95. The first kappa shape index (κ1) is 19.0. The first-order chi connectivity index (χ1) is 13.1. The Balaban J connectivity index is 1.75. The van der Waals surface area contributed by atoms with E-state index in [4.69, 9.17) is 27.9 Å². The van der Waals surface area contributed by atoms with Gasteiger partial charge in [0.1, 0.15) is 6.61 Å². The number of hydrogen-bond donors (Lipinski definition) is 1. The molecule has 0 spiro atoms. The molecule has 4 nitrogen and oxygen atoms in total. The highest BCUT2D eigenvalue weighted by atomic mass is 35.5. The van der Waals surface area contributed by atoms with Gasteiger partial charge in [-0.15, -0.1) is 0 Å². The number of carbonyl (C=O) groups excluding carboxylic acids is 2. The fourth-order valence-electron chi connectivity index (χ4n) is 2.44. The standard InChI is InChI=1S/C21H15Cl2NO3/c22-17-10-6-11-18(23)16(17)13-27-21(26)15-9-4-5-12-19(15)24-20(25)14-7-2-1-3-8-14/h1-12H,13H2,(H,24,25). The Labute approximate surface area is 166 Å². The number of halogens is 2. The molecule has 3 rings (SSSR count). The van der Waals surface area contributed by atoms with Crippen molar-refractivity contribution in [2.45, 2.75) is 6.61 Å². The molecular formula is C21H15Cl2NO3. The van der Waals surface area contributed by atoms with E-state index < -0.39 is 5.97 Å². The van der Waals surface area contributed by atoms with Crippen molar-refractivity contribution in [3.63, 3.8) is 0 Å². The second kappa shape index (κ2) is 8.71. The Morgan fingerprint density at radius 2 is 1.44 bits per heavy atom. The molecule has 27 heavy (non-hydrogen) atoms. The summed E-state index contributed by atoms with van der Waals surface area (Å²) in [5.41, 5.74) is 1.62. The van der Waals surface area contributed by atoms with Crippen LogP contribution in [0.1, 0.15) is 26.3 Å². The lowest BCUT2D eigenvalue weighted by Crippen LogP contribution is -2.15. The van der Waals surface area contributed by atoms with Crippen LogP contribution in [-0.4, -0.2) is 11.9 Å². The topological polar surface area (TPSA) is 55.4 Å². The molecule has 3 aromatic rings. The lowest BCUT2D eigenvalue weighted by atomic mass is 10.1. The molecule has 1 amide bonds. The maximum Gasteiger partial charge on any atom is 0.340 e. The molecule has 136 valence electrons. The van der Waals surface area contributed by atoms with Crippen molar-refractivity contribution < 1.29 is 14.3 Å². The van der Waals surface area contributed by atoms with Gasteiger partial charge in [-0.25, -0.2) is 4.79 Å². The first-order valence-corrected chi connectivity index (χ1v) is 8.87. The highest BCUT2D eigenvalue weighted by molar-refractivity contribution is 6.36. The van der Waals surface area contributed by atoms with E-state index in [0.717, 1.165) is 0 Å². The van der Waals surface area contributed by atoms with Gasteiger partial charge in [-0.05, 0) is 36.4 Å². The van der Waals surface area contributed by atoms with Gasteiger partial charge in [0.15, 0.2) is 0 Å². The van der Waals surface area contributed by atoms with Crippen molar-refractivity contribution >= 4 is 40.8 Å². The van der Waals surface area contributed by atoms with Crippen molar-refractivity contribution in [3.8, 4) is 0 Å². The van der Waals surface area contributed by atoms with Gasteiger partial charge in [0.05, 0.1) is 11.3 Å². The van der Waals surface area contributed by atoms with Crippen LogP contribution in [0.2, 0.25) is 10.0 Å². The Bertz CT molecular complexity index is 954. The number of hydrogen-bond acceptors (Lipinski definition) is 3. The summed E-state index contributed by atoms with van der Waals surface area (Å²) in [5.74, 6) is -0.903. The lowest BCUT2D eigenvalue weighted by Gasteiger charge is -2.12. The number of esters is 1. The van der Waals surface area contributed by atoms with Gasteiger partial charge >= 0.3 is 5.97 Å². The summed E-state index contributed by atoms with van der Waals surface area (Å²) < 4.78 is 5.34. The molecule has 0 bridgehead atoms. The number of nitrogens with one attached hydrogen (secondary N) is 1. The highest BCUT2D eigenvalue weighted by Crippen LogP contribution is 2.26. The molecule has 0 heterocycles. The van der Waals surface area contributed by atoms with Crippen LogP contribution in [0.5, 0.6) is 0 Å². The highest BCUT2D eigenvalue weighted by Gasteiger charge is 2.16. The van der Waals surface area contributed by atoms with E-state index in [1.54, 1.807) is 66.7 Å². The van der Waals surface area contributed by atoms with Crippen LogP contribution in [0, 0.1) is 0 Å². The number of anilines is 1. The normalized spacial score (nSPS) is 10.3. The maximum atomic E-state index is 12.5. The van der Waals surface area contributed by atoms with Gasteiger partial charge in [0, 0.05) is 21.2 Å². The van der Waals surface area contributed by atoms with Crippen molar-refractivity contribution in [1.82, 2.24) is 0 Å². The number of carbonyl (C=O) groups is 2. The fraction of sp³-hybridized carbons (Fsp3) is 0.0476. The second-order valence-electron chi connectivity index (χ2n) is 5.64. The SMILES string of the molecule is O=C(Nc1ccccc1C(=O)OCc1c(Cl)cccc1Cl)c1ccccc1. The van der Waals surface area contributed by atoms with Gasteiger partial charge in [-0.1, -0.05) is 59.6 Å². The zero-order valence-corrected chi connectivity index (χ0v) is 15.6. The van der Waals surface area contributed by atoms with E-state index in [1.165, 1.54) is 0 Å². The molecule has 0 saturated heterocycles. The first-order valence-electron chi connectivity index (χ1n) is 8.11. The molecule has 0 unspecified atom stereocenters. The maximum absolute atomic E-state index is 12.5. The minimum atomic E-state index is -0.588. The van der Waals surface area contributed by atoms with Crippen LogP contribution in [-0.2, 0) is 11.3 Å². The monoisotopic (exact) mass is 399 g/mol. The van der Waals surface area contributed by atoms with Crippen molar-refractivity contribution in [1.29, 1.82) is 0 Å². The predicted molar refractivity (Wildman–Crippen MR) is 106 cm³/mol. The molecule has 0 atom stereocenters. The minimum Gasteiger partial charge on any atom is -0.457 e. The number of rotatable bonds is 5. The van der Waals surface area contributed by atoms with Crippen LogP contribution < -0.4 is 5.32 Å². The van der Waals surface area contributed by atoms with E-state index in [1.807, 2.05) is 6.07 Å². The zero-order valence-electron chi connectivity index (χ0n) is 14.1. The van der Waals surface area contributed by atoms with Crippen LogP contribution in [0.4, 0.5) is 5.69 Å². The quantitative estimate of drug-likeness (QED) is 0.567. The Morgan fingerprint density at radius 1 is 0.815 bits per heavy atom. The number of amides is 1. The zero-order chi connectivity index (χ0) is 19.2.